The molecule has 3 rings (SSSR count). The number of aromatic nitrogens is 1. The van der Waals surface area contributed by atoms with Gasteiger partial charge in [0.2, 0.25) is 0 Å². The molecule has 2 aromatic carbocycles. The lowest BCUT2D eigenvalue weighted by Crippen LogP contribution is -2.28. The van der Waals surface area contributed by atoms with Crippen molar-refractivity contribution in [2.75, 3.05) is 20.3 Å². The second-order valence-corrected chi connectivity index (χ2v) is 6.20. The van der Waals surface area contributed by atoms with Crippen LogP contribution >= 0.6 is 12.2 Å². The lowest BCUT2D eigenvalue weighted by Gasteiger charge is -2.10. The van der Waals surface area contributed by atoms with E-state index in [4.69, 9.17) is 26.9 Å². The zero-order valence-electron chi connectivity index (χ0n) is 15.1. The van der Waals surface area contributed by atoms with Gasteiger partial charge in [-0.25, -0.2) is 4.98 Å². The largest absolute Gasteiger partial charge is 0.496 e. The minimum absolute atomic E-state index is 0.233. The van der Waals surface area contributed by atoms with Crippen LogP contribution in [0.15, 0.2) is 54.6 Å². The molecule has 0 bridgehead atoms. The molecule has 0 spiro atoms. The lowest BCUT2D eigenvalue weighted by atomic mass is 10.2. The number of rotatable bonds is 7. The molecule has 1 aromatic heterocycles. The van der Waals surface area contributed by atoms with Gasteiger partial charge in [0.1, 0.15) is 28.8 Å². The number of benzene rings is 2. The summed E-state index contributed by atoms with van der Waals surface area (Å²) < 4.78 is 11.0. The van der Waals surface area contributed by atoms with Gasteiger partial charge in [0.15, 0.2) is 0 Å². The van der Waals surface area contributed by atoms with Gasteiger partial charge >= 0.3 is 0 Å². The van der Waals surface area contributed by atoms with Gasteiger partial charge in [0.25, 0.3) is 5.91 Å². The zero-order valence-corrected chi connectivity index (χ0v) is 16.0. The Morgan fingerprint density at radius 1 is 1.18 bits per heavy atom. The number of methoxy groups -OCH3 is 1. The van der Waals surface area contributed by atoms with E-state index in [1.54, 1.807) is 37.4 Å². The molecule has 3 N–H and O–H groups in total. The Morgan fingerprint density at radius 2 is 1.93 bits per heavy atom. The van der Waals surface area contributed by atoms with Crippen LogP contribution < -0.4 is 20.3 Å². The molecule has 0 saturated heterocycles. The standard InChI is InChI=1S/C20H19N3O4S/c1-26-18-12-17(22-16-5-3-2-4-15(16)18)19(24)21-10-11-27-14-8-6-13(7-9-14)20(28)23-25/h2-9,12,25H,10-11H2,1H3,(H,21,24)(H,23,28). The van der Waals surface area contributed by atoms with Crippen molar-refractivity contribution in [1.29, 1.82) is 0 Å². The first-order chi connectivity index (χ1) is 13.6. The van der Waals surface area contributed by atoms with Crippen molar-refractivity contribution in [3.8, 4) is 11.5 Å². The fourth-order valence-electron chi connectivity index (χ4n) is 2.62. The fourth-order valence-corrected chi connectivity index (χ4v) is 2.76. The highest BCUT2D eigenvalue weighted by atomic mass is 32.1. The van der Waals surface area contributed by atoms with Crippen molar-refractivity contribution in [2.45, 2.75) is 0 Å². The van der Waals surface area contributed by atoms with E-state index in [0.29, 0.717) is 35.7 Å². The first kappa shape index (κ1) is 19.5. The number of amides is 1. The maximum Gasteiger partial charge on any atom is 0.270 e. The van der Waals surface area contributed by atoms with E-state index in [9.17, 15) is 4.79 Å². The summed E-state index contributed by atoms with van der Waals surface area (Å²) in [6, 6.07) is 16.0. The molecule has 8 heteroatoms. The first-order valence-electron chi connectivity index (χ1n) is 8.51. The number of hydrogen-bond acceptors (Lipinski definition) is 6. The minimum Gasteiger partial charge on any atom is -0.496 e. The van der Waals surface area contributed by atoms with Gasteiger partial charge in [-0.3, -0.25) is 15.5 Å². The van der Waals surface area contributed by atoms with E-state index in [0.717, 1.165) is 5.39 Å². The van der Waals surface area contributed by atoms with E-state index >= 15 is 0 Å². The van der Waals surface area contributed by atoms with Gasteiger partial charge in [-0.2, -0.15) is 0 Å². The Bertz CT molecular complexity index is 992. The smallest absolute Gasteiger partial charge is 0.270 e. The average Bonchev–Trinajstić information content (AvgIpc) is 2.75. The summed E-state index contributed by atoms with van der Waals surface area (Å²) in [5.74, 6) is 0.925. The number of para-hydroxylation sites is 1. The Kier molecular flexibility index (Phi) is 6.36. The van der Waals surface area contributed by atoms with Crippen LogP contribution in [-0.2, 0) is 0 Å². The summed E-state index contributed by atoms with van der Waals surface area (Å²) >= 11 is 4.93. The number of thiocarbonyl (C=S) groups is 1. The van der Waals surface area contributed by atoms with E-state index < -0.39 is 0 Å². The van der Waals surface area contributed by atoms with Crippen LogP contribution in [0, 0.1) is 0 Å². The summed E-state index contributed by atoms with van der Waals surface area (Å²) in [6.07, 6.45) is 0. The molecule has 0 atom stereocenters. The molecular weight excluding hydrogens is 378 g/mol. The number of pyridine rings is 1. The number of hydroxylamine groups is 1. The number of nitrogens with zero attached hydrogens (tertiary/aromatic N) is 1. The van der Waals surface area contributed by atoms with E-state index in [1.165, 1.54) is 0 Å². The fraction of sp³-hybridized carbons (Fsp3) is 0.150. The molecule has 0 aliphatic heterocycles. The summed E-state index contributed by atoms with van der Waals surface area (Å²) in [4.78, 5) is 17.0. The third kappa shape index (κ3) is 4.54. The average molecular weight is 397 g/mol. The Hall–Kier alpha value is -3.23. The third-order valence-corrected chi connectivity index (χ3v) is 4.33. The van der Waals surface area contributed by atoms with Gasteiger partial charge in [-0.15, -0.1) is 0 Å². The van der Waals surface area contributed by atoms with Gasteiger partial charge in [-0.1, -0.05) is 24.4 Å². The van der Waals surface area contributed by atoms with E-state index in [-0.39, 0.29) is 16.6 Å². The molecule has 0 fully saturated rings. The third-order valence-electron chi connectivity index (χ3n) is 4.01. The van der Waals surface area contributed by atoms with Crippen molar-refractivity contribution in [1.82, 2.24) is 15.8 Å². The van der Waals surface area contributed by atoms with E-state index in [2.05, 4.69) is 10.3 Å². The molecule has 0 aliphatic carbocycles. The molecule has 144 valence electrons. The predicted octanol–water partition coefficient (Wildman–Crippen LogP) is 2.71. The molecule has 0 aliphatic rings. The highest BCUT2D eigenvalue weighted by Crippen LogP contribution is 2.24. The maximum absolute atomic E-state index is 12.4. The predicted molar refractivity (Wildman–Crippen MR) is 109 cm³/mol. The highest BCUT2D eigenvalue weighted by molar-refractivity contribution is 7.80. The summed E-state index contributed by atoms with van der Waals surface area (Å²) in [5.41, 5.74) is 3.58. The van der Waals surface area contributed by atoms with Crippen molar-refractivity contribution in [2.24, 2.45) is 0 Å². The normalized spacial score (nSPS) is 10.4. The van der Waals surface area contributed by atoms with Crippen LogP contribution in [0.25, 0.3) is 10.9 Å². The summed E-state index contributed by atoms with van der Waals surface area (Å²) in [6.45, 7) is 0.604. The highest BCUT2D eigenvalue weighted by Gasteiger charge is 2.12. The van der Waals surface area contributed by atoms with Crippen LogP contribution in [0.1, 0.15) is 16.1 Å². The molecular formula is C20H19N3O4S. The van der Waals surface area contributed by atoms with E-state index in [1.807, 2.05) is 29.7 Å². The minimum atomic E-state index is -0.303. The van der Waals surface area contributed by atoms with Crippen LogP contribution in [0.5, 0.6) is 11.5 Å². The van der Waals surface area contributed by atoms with Crippen LogP contribution in [0.3, 0.4) is 0 Å². The molecule has 1 amide bonds. The van der Waals surface area contributed by atoms with Crippen molar-refractivity contribution >= 4 is 34.0 Å². The Morgan fingerprint density at radius 3 is 2.64 bits per heavy atom. The maximum atomic E-state index is 12.4. The molecule has 7 nitrogen and oxygen atoms in total. The second kappa shape index (κ2) is 9.12. The van der Waals surface area contributed by atoms with Crippen LogP contribution in [-0.4, -0.2) is 41.3 Å². The number of hydrogen-bond donors (Lipinski definition) is 3. The number of nitrogens with one attached hydrogen (secondary N) is 2. The van der Waals surface area contributed by atoms with Crippen molar-refractivity contribution < 1.29 is 19.5 Å². The molecule has 0 unspecified atom stereocenters. The Balaban J connectivity index is 1.56. The van der Waals surface area contributed by atoms with Crippen LogP contribution in [0.4, 0.5) is 0 Å². The van der Waals surface area contributed by atoms with Gasteiger partial charge in [-0.05, 0) is 36.4 Å². The zero-order chi connectivity index (χ0) is 19.9. The topological polar surface area (TPSA) is 92.7 Å². The van der Waals surface area contributed by atoms with Gasteiger partial charge in [0, 0.05) is 17.0 Å². The quantitative estimate of drug-likeness (QED) is 0.321. The monoisotopic (exact) mass is 397 g/mol. The summed E-state index contributed by atoms with van der Waals surface area (Å²) in [7, 11) is 1.56. The SMILES string of the molecule is COc1cc(C(=O)NCCOc2ccc(C(=S)NO)cc2)nc2ccccc12. The number of carbonyl (C=O) groups is 1. The van der Waals surface area contributed by atoms with Crippen molar-refractivity contribution in [3.63, 3.8) is 0 Å². The molecule has 0 radical (unpaired) electrons. The second-order valence-electron chi connectivity index (χ2n) is 5.80. The first-order valence-corrected chi connectivity index (χ1v) is 8.92. The number of carbonyl (C=O) groups excluding carboxylic acids is 1. The molecule has 3 aromatic rings. The molecule has 28 heavy (non-hydrogen) atoms. The molecule has 0 saturated carbocycles. The molecule has 1 heterocycles. The number of fused-ring (bicyclic) bond motifs is 1. The lowest BCUT2D eigenvalue weighted by molar-refractivity contribution is 0.0942. The number of ether oxygens (including phenoxy) is 2. The summed E-state index contributed by atoms with van der Waals surface area (Å²) in [5, 5.41) is 12.4. The van der Waals surface area contributed by atoms with Gasteiger partial charge < -0.3 is 14.8 Å². The van der Waals surface area contributed by atoms with Gasteiger partial charge in [0.05, 0.1) is 19.2 Å². The van der Waals surface area contributed by atoms with Crippen molar-refractivity contribution in [3.05, 3.63) is 65.9 Å². The Labute approximate surface area is 167 Å². The van der Waals surface area contributed by atoms with Crippen LogP contribution in [0.2, 0.25) is 0 Å².